The first-order valence-electron chi connectivity index (χ1n) is 16.7. The van der Waals surface area contributed by atoms with Gasteiger partial charge < -0.3 is 32.0 Å². The van der Waals surface area contributed by atoms with Gasteiger partial charge >= 0.3 is 33.7 Å². The average molecular weight is 1020 g/mol. The van der Waals surface area contributed by atoms with Crippen molar-refractivity contribution in [2.75, 3.05) is 22.1 Å². The molecule has 0 aliphatic heterocycles. The summed E-state index contributed by atoms with van der Waals surface area (Å²) >= 11 is 0. The van der Waals surface area contributed by atoms with Crippen LogP contribution in [-0.4, -0.2) is 61.4 Å². The minimum atomic E-state index is -4.67. The Hall–Kier alpha value is -9.60. The van der Waals surface area contributed by atoms with Gasteiger partial charge in [0.2, 0.25) is 23.4 Å². The number of anilines is 4. The van der Waals surface area contributed by atoms with Crippen molar-refractivity contribution in [3.63, 3.8) is 0 Å². The summed E-state index contributed by atoms with van der Waals surface area (Å²) in [5, 5.41) is 72.9. The second-order valence-corrected chi connectivity index (χ2v) is 12.2. The zero-order chi connectivity index (χ0) is 53.6. The number of halogens is 5. The number of nitro groups is 2. The fourth-order valence-electron chi connectivity index (χ4n) is 3.65. The number of nitriles is 4. The molecule has 0 radical (unpaired) electrons. The highest BCUT2D eigenvalue weighted by molar-refractivity contribution is 7.79. The van der Waals surface area contributed by atoms with Crippen LogP contribution in [-0.2, 0) is 34.3 Å². The summed E-state index contributed by atoms with van der Waals surface area (Å²) in [7, 11) is -4.67. The molecule has 33 heteroatoms. The van der Waals surface area contributed by atoms with Gasteiger partial charge in [-0.15, -0.1) is 22.5 Å². The van der Waals surface area contributed by atoms with E-state index in [2.05, 4.69) is 15.4 Å². The summed E-state index contributed by atoms with van der Waals surface area (Å²) in [4.78, 5) is 68.1. The van der Waals surface area contributed by atoms with Crippen LogP contribution in [0.4, 0.5) is 51.7 Å². The number of carbonyl (C=O) groups excluding carboxylic acids is 4. The monoisotopic (exact) mass is 1020 g/mol. The maximum Gasteiger partial charge on any atom is 0.394 e. The lowest BCUT2D eigenvalue weighted by molar-refractivity contribution is -0.742. The molecule has 0 saturated heterocycles. The number of carbonyl (C=O) groups is 4. The lowest BCUT2D eigenvalue weighted by Crippen LogP contribution is -2.08. The van der Waals surface area contributed by atoms with Gasteiger partial charge in [0.25, 0.3) is 5.09 Å². The van der Waals surface area contributed by atoms with E-state index in [1.165, 1.54) is 52.0 Å². The van der Waals surface area contributed by atoms with Gasteiger partial charge in [0.1, 0.15) is 35.9 Å². The summed E-state index contributed by atoms with van der Waals surface area (Å²) < 4.78 is 86.5. The molecular formula is C36H32ClF4N11O16S. The quantitative estimate of drug-likeness (QED) is 0.0262. The third kappa shape index (κ3) is 31.8. The van der Waals surface area contributed by atoms with Crippen LogP contribution in [0.1, 0.15) is 49.9 Å². The zero-order valence-corrected chi connectivity index (χ0v) is 36.7. The zero-order valence-electron chi connectivity index (χ0n) is 35.0. The second-order valence-electron chi connectivity index (χ2n) is 11.3. The number of hydrogen-bond acceptors (Lipinski definition) is 19. The molecule has 0 heterocycles. The summed E-state index contributed by atoms with van der Waals surface area (Å²) in [6, 6.07) is 17.3. The number of nitrogen functional groups attached to an aromatic ring is 2. The van der Waals surface area contributed by atoms with E-state index in [1.54, 1.807) is 12.1 Å². The van der Waals surface area contributed by atoms with Gasteiger partial charge in [-0.1, -0.05) is 0 Å². The molecular weight excluding hydrogens is 986 g/mol. The summed E-state index contributed by atoms with van der Waals surface area (Å²) in [6.07, 6.45) is 0. The fourth-order valence-corrected chi connectivity index (χ4v) is 3.65. The molecule has 4 rings (SSSR count). The highest BCUT2D eigenvalue weighted by atomic mass is 35.5. The number of nitrogens with zero attached hydrogens (tertiary/aromatic N) is 7. The molecule has 4 aromatic rings. The number of hydrogen-bond donors (Lipinski definition) is 7. The second kappa shape index (κ2) is 33.0. The minimum Gasteiger partial charge on any atom is -0.398 e. The maximum absolute atomic E-state index is 13.2. The molecule has 69 heavy (non-hydrogen) atoms. The number of amides is 2. The average Bonchev–Trinajstić information content (AvgIpc) is 3.17. The van der Waals surface area contributed by atoms with Crippen molar-refractivity contribution in [2.45, 2.75) is 27.7 Å². The van der Waals surface area contributed by atoms with Crippen LogP contribution in [0.3, 0.4) is 0 Å². The Labute approximate surface area is 390 Å². The summed E-state index contributed by atoms with van der Waals surface area (Å²) in [5.74, 6) is -5.00. The number of benzene rings is 4. The molecule has 0 aromatic heterocycles. The van der Waals surface area contributed by atoms with Crippen LogP contribution in [0.5, 0.6) is 0 Å². The van der Waals surface area contributed by atoms with Gasteiger partial charge in [0.15, 0.2) is 0 Å². The lowest BCUT2D eigenvalue weighted by atomic mass is 10.1. The number of nitro benzene ring substituents is 2. The molecule has 368 valence electrons. The van der Waals surface area contributed by atoms with E-state index >= 15 is 0 Å². The van der Waals surface area contributed by atoms with Gasteiger partial charge in [0.05, 0.1) is 54.8 Å². The summed E-state index contributed by atoms with van der Waals surface area (Å²) in [6.45, 7) is 4.84. The number of esters is 2. The maximum atomic E-state index is 13.2. The molecule has 27 nitrogen and oxygen atoms in total. The first-order valence-corrected chi connectivity index (χ1v) is 18.1. The Kier molecular flexibility index (Phi) is 31.5. The third-order valence-corrected chi connectivity index (χ3v) is 5.99. The van der Waals surface area contributed by atoms with Crippen molar-refractivity contribution in [3.05, 3.63) is 137 Å². The van der Waals surface area contributed by atoms with Crippen molar-refractivity contribution in [3.8, 4) is 24.3 Å². The molecule has 0 unspecified atom stereocenters. The lowest BCUT2D eigenvalue weighted by Gasteiger charge is -2.04. The van der Waals surface area contributed by atoms with Gasteiger partial charge in [-0.2, -0.15) is 38.2 Å². The van der Waals surface area contributed by atoms with Crippen LogP contribution in [0.2, 0.25) is 0 Å². The Morgan fingerprint density at radius 2 is 0.928 bits per heavy atom. The fraction of sp³-hybridized carbons (Fsp3) is 0.111. The minimum absolute atomic E-state index is 0. The van der Waals surface area contributed by atoms with Gasteiger partial charge in [-0.3, -0.25) is 48.5 Å². The predicted molar refractivity (Wildman–Crippen MR) is 228 cm³/mol. The molecule has 0 saturated carbocycles. The van der Waals surface area contributed by atoms with Crippen molar-refractivity contribution in [2.24, 2.45) is 0 Å². The number of nitrogens with two attached hydrogens (primary N) is 2. The molecule has 2 amide bonds. The number of rotatable bonds is 4. The molecule has 0 aliphatic rings. The van der Waals surface area contributed by atoms with E-state index in [-0.39, 0.29) is 57.8 Å². The standard InChI is InChI=1S/C9H6FN3O3.C9H7FN2O.C7H4FN3O2.C7H5FN2.C4H6O3.ClH.HNO3.H2O4S/c1-5(14)12-8-3-7(10)9(13(15)16)2-6(8)4-11;1-6(13)12-9-4-8(10)3-2-7(9)5-11;8-5-2-6(10)4(3-9)1-7(5)11(12)13;8-6-2-1-5(4-9)7(10)3-6;1-3(5)7-4(2)6;;2-1(3)4;1-5(2,3)4/h2-3H,1H3,(H,12,14);2-4H,1H3,(H,12,13);1-2H,10H2;1-3H,10H2;1-2H3;1H;(H,2,3,4);(H2,1,2,3,4). The molecule has 4 aromatic carbocycles. The highest BCUT2D eigenvalue weighted by Crippen LogP contribution is 2.26. The van der Waals surface area contributed by atoms with Crippen molar-refractivity contribution >= 4 is 80.7 Å². The van der Waals surface area contributed by atoms with Gasteiger partial charge in [0, 0.05) is 52.0 Å². The van der Waals surface area contributed by atoms with Crippen LogP contribution in [0.25, 0.3) is 0 Å². The molecule has 0 fully saturated rings. The van der Waals surface area contributed by atoms with Crippen LogP contribution in [0.15, 0.2) is 60.7 Å². The van der Waals surface area contributed by atoms with E-state index in [1.807, 2.05) is 12.1 Å². The highest BCUT2D eigenvalue weighted by Gasteiger charge is 2.19. The third-order valence-electron chi connectivity index (χ3n) is 5.99. The SMILES string of the molecule is CC(=O)Nc1cc(F)c([N+](=O)[O-])cc1C#N.CC(=O)Nc1cc(F)ccc1C#N.CC(=O)OC(C)=O.Cl.N#Cc1cc([N+](=O)[O-])c(F)cc1N.N#Cc1ccc(F)cc1N.O=S(=O)(O)O.O=[N+]([O-])O. The van der Waals surface area contributed by atoms with Crippen molar-refractivity contribution in [1.29, 1.82) is 21.0 Å². The molecule has 0 spiro atoms. The van der Waals surface area contributed by atoms with Crippen molar-refractivity contribution < 1.29 is 79.1 Å². The van der Waals surface area contributed by atoms with E-state index in [4.69, 9.17) is 65.4 Å². The predicted octanol–water partition coefficient (Wildman–Crippen LogP) is 5.20. The number of nitrogens with one attached hydrogen (secondary N) is 2. The van der Waals surface area contributed by atoms with E-state index < -0.39 is 77.8 Å². The molecule has 9 N–H and O–H groups in total. The van der Waals surface area contributed by atoms with E-state index in [0.717, 1.165) is 36.4 Å². The van der Waals surface area contributed by atoms with Gasteiger partial charge in [-0.05, 0) is 36.4 Å². The van der Waals surface area contributed by atoms with Crippen LogP contribution >= 0.6 is 12.4 Å². The van der Waals surface area contributed by atoms with Gasteiger partial charge in [-0.25, -0.2) is 8.78 Å². The van der Waals surface area contributed by atoms with Crippen molar-refractivity contribution in [1.82, 2.24) is 0 Å². The first kappa shape index (κ1) is 66.0. The summed E-state index contributed by atoms with van der Waals surface area (Å²) in [5.41, 5.74) is 9.42. The smallest absolute Gasteiger partial charge is 0.394 e. The molecule has 0 aliphatic carbocycles. The Morgan fingerprint density at radius 1 is 0.609 bits per heavy atom. The van der Waals surface area contributed by atoms with Crippen LogP contribution < -0.4 is 22.1 Å². The molecule has 0 bridgehead atoms. The van der Waals surface area contributed by atoms with Crippen LogP contribution in [0, 0.1) is 98.9 Å². The first-order chi connectivity index (χ1) is 31.2. The largest absolute Gasteiger partial charge is 0.398 e. The topological polar surface area (TPSA) is 473 Å². The molecule has 0 atom stereocenters. The van der Waals surface area contributed by atoms with E-state index in [0.29, 0.717) is 5.56 Å². The Balaban J connectivity index is -0.000000371. The Morgan fingerprint density at radius 3 is 1.25 bits per heavy atom. The number of ether oxygens (including phenoxy) is 1. The van der Waals surface area contributed by atoms with E-state index in [9.17, 15) is 57.0 Å². The Bertz CT molecular complexity index is 2790. The normalized spacial score (nSPS) is 8.84.